The fourth-order valence-corrected chi connectivity index (χ4v) is 2.84. The number of rotatable bonds is 4. The highest BCUT2D eigenvalue weighted by Crippen LogP contribution is 2.29. The van der Waals surface area contributed by atoms with E-state index < -0.39 is 16.0 Å². The van der Waals surface area contributed by atoms with E-state index >= 15 is 0 Å². The molecule has 0 atom stereocenters. The van der Waals surface area contributed by atoms with Crippen LogP contribution in [0.15, 0.2) is 18.2 Å². The summed E-state index contributed by atoms with van der Waals surface area (Å²) < 4.78 is 25.4. The third-order valence-corrected chi connectivity index (χ3v) is 3.97. The summed E-state index contributed by atoms with van der Waals surface area (Å²) in [6.07, 6.45) is 1.05. The predicted molar refractivity (Wildman–Crippen MR) is 81.6 cm³/mol. The van der Waals surface area contributed by atoms with Crippen molar-refractivity contribution in [3.05, 3.63) is 23.8 Å². The highest BCUT2D eigenvalue weighted by Gasteiger charge is 2.19. The normalized spacial score (nSPS) is 16.8. The van der Waals surface area contributed by atoms with Crippen LogP contribution in [0.25, 0.3) is 0 Å². The van der Waals surface area contributed by atoms with E-state index in [4.69, 9.17) is 5.11 Å². The molecular formula is C13H19N3O4S. The van der Waals surface area contributed by atoms with Crippen molar-refractivity contribution >= 4 is 27.4 Å². The van der Waals surface area contributed by atoms with E-state index in [0.717, 1.165) is 32.4 Å². The van der Waals surface area contributed by atoms with Crippen molar-refractivity contribution in [1.82, 2.24) is 4.90 Å². The fourth-order valence-electron chi connectivity index (χ4n) is 2.27. The molecule has 1 aromatic carbocycles. The summed E-state index contributed by atoms with van der Waals surface area (Å²) in [5.41, 5.74) is 1.07. The Bertz CT molecular complexity index is 637. The smallest absolute Gasteiger partial charge is 0.335 e. The number of nitrogens with zero attached hydrogens (tertiary/aromatic N) is 2. The van der Waals surface area contributed by atoms with Crippen LogP contribution in [0.4, 0.5) is 11.4 Å². The number of nitrogens with one attached hydrogen (secondary N) is 1. The van der Waals surface area contributed by atoms with Gasteiger partial charge in [-0.1, -0.05) is 0 Å². The summed E-state index contributed by atoms with van der Waals surface area (Å²) in [5, 5.41) is 9.05. The zero-order chi connectivity index (χ0) is 15.6. The lowest BCUT2D eigenvalue weighted by Gasteiger charge is -2.35. The van der Waals surface area contributed by atoms with E-state index in [9.17, 15) is 13.2 Å². The second-order valence-electron chi connectivity index (χ2n) is 5.20. The number of carboxylic acids is 1. The molecule has 0 saturated carbocycles. The third kappa shape index (κ3) is 4.08. The van der Waals surface area contributed by atoms with E-state index in [1.807, 2.05) is 7.05 Å². The molecule has 1 saturated heterocycles. The molecule has 116 valence electrons. The molecule has 1 heterocycles. The lowest BCUT2D eigenvalue weighted by molar-refractivity contribution is 0.0697. The van der Waals surface area contributed by atoms with Crippen LogP contribution in [0.1, 0.15) is 10.4 Å². The topological polar surface area (TPSA) is 89.9 Å². The fraction of sp³-hybridized carbons (Fsp3) is 0.462. The minimum atomic E-state index is -3.47. The molecule has 1 fully saturated rings. The van der Waals surface area contributed by atoms with Gasteiger partial charge in [0.25, 0.3) is 0 Å². The second kappa shape index (κ2) is 5.90. The molecule has 21 heavy (non-hydrogen) atoms. The zero-order valence-electron chi connectivity index (χ0n) is 12.0. The number of carboxylic acid groups (broad SMARTS) is 1. The summed E-state index contributed by atoms with van der Waals surface area (Å²) >= 11 is 0. The lowest BCUT2D eigenvalue weighted by atomic mass is 10.1. The molecule has 2 N–H and O–H groups in total. The number of benzene rings is 1. The number of hydrogen-bond acceptors (Lipinski definition) is 5. The van der Waals surface area contributed by atoms with Gasteiger partial charge in [-0.25, -0.2) is 13.2 Å². The molecule has 0 radical (unpaired) electrons. The molecule has 1 aliphatic rings. The monoisotopic (exact) mass is 313 g/mol. The molecule has 0 bridgehead atoms. The van der Waals surface area contributed by atoms with Crippen LogP contribution < -0.4 is 9.62 Å². The Kier molecular flexibility index (Phi) is 4.38. The first-order valence-corrected chi connectivity index (χ1v) is 8.44. The molecule has 7 nitrogen and oxygen atoms in total. The minimum absolute atomic E-state index is 0.0547. The first kappa shape index (κ1) is 15.6. The molecule has 0 unspecified atom stereocenters. The Morgan fingerprint density at radius 3 is 2.38 bits per heavy atom. The number of aromatic carboxylic acids is 1. The van der Waals surface area contributed by atoms with E-state index in [2.05, 4.69) is 14.5 Å². The van der Waals surface area contributed by atoms with Crippen LogP contribution in [0, 0.1) is 0 Å². The standard InChI is InChI=1S/C13H19N3O4S/c1-15-5-7-16(8-6-15)12-4-3-10(13(17)18)9-11(12)14-21(2,19)20/h3-4,9,14H,5-8H2,1-2H3,(H,17,18). The predicted octanol–water partition coefficient (Wildman–Crippen LogP) is 0.508. The summed E-state index contributed by atoms with van der Waals surface area (Å²) in [4.78, 5) is 15.3. The van der Waals surface area contributed by atoms with Crippen LogP contribution in [0.5, 0.6) is 0 Å². The molecule has 2 rings (SSSR count). The van der Waals surface area contributed by atoms with Gasteiger partial charge in [0.05, 0.1) is 23.2 Å². The molecule has 1 aliphatic heterocycles. The SMILES string of the molecule is CN1CCN(c2ccc(C(=O)O)cc2NS(C)(=O)=O)CC1. The number of anilines is 2. The van der Waals surface area contributed by atoms with Gasteiger partial charge in [0.15, 0.2) is 0 Å². The highest BCUT2D eigenvalue weighted by atomic mass is 32.2. The van der Waals surface area contributed by atoms with E-state index in [1.165, 1.54) is 12.1 Å². The van der Waals surface area contributed by atoms with E-state index in [0.29, 0.717) is 11.4 Å². The Labute approximate surface area is 124 Å². The summed E-state index contributed by atoms with van der Waals surface area (Å²) in [5.74, 6) is -1.09. The van der Waals surface area contributed by atoms with Gasteiger partial charge in [-0.15, -0.1) is 0 Å². The summed E-state index contributed by atoms with van der Waals surface area (Å²) in [6.45, 7) is 3.28. The Hall–Kier alpha value is -1.80. The maximum Gasteiger partial charge on any atom is 0.335 e. The lowest BCUT2D eigenvalue weighted by Crippen LogP contribution is -2.44. The van der Waals surface area contributed by atoms with Crippen LogP contribution in [-0.2, 0) is 10.0 Å². The summed E-state index contributed by atoms with van der Waals surface area (Å²) in [6, 6.07) is 4.50. The molecule has 0 amide bonds. The van der Waals surface area contributed by atoms with Gasteiger partial charge in [0.2, 0.25) is 10.0 Å². The molecule has 0 aliphatic carbocycles. The molecule has 8 heteroatoms. The maximum absolute atomic E-state index is 11.5. The average Bonchev–Trinajstić information content (AvgIpc) is 2.38. The first-order chi connectivity index (χ1) is 9.76. The Morgan fingerprint density at radius 1 is 1.24 bits per heavy atom. The molecule has 1 aromatic rings. The highest BCUT2D eigenvalue weighted by molar-refractivity contribution is 7.92. The minimum Gasteiger partial charge on any atom is -0.478 e. The van der Waals surface area contributed by atoms with Crippen LogP contribution in [0.3, 0.4) is 0 Å². The Morgan fingerprint density at radius 2 is 1.86 bits per heavy atom. The number of likely N-dealkylation sites (N-methyl/N-ethyl adjacent to an activating group) is 1. The Balaban J connectivity index is 2.37. The van der Waals surface area contributed by atoms with Crippen molar-refractivity contribution in [2.45, 2.75) is 0 Å². The van der Waals surface area contributed by atoms with Gasteiger partial charge in [0, 0.05) is 26.2 Å². The maximum atomic E-state index is 11.5. The second-order valence-corrected chi connectivity index (χ2v) is 6.95. The zero-order valence-corrected chi connectivity index (χ0v) is 12.9. The molecule has 0 spiro atoms. The van der Waals surface area contributed by atoms with Crippen molar-refractivity contribution in [2.75, 3.05) is 49.1 Å². The number of hydrogen-bond donors (Lipinski definition) is 2. The van der Waals surface area contributed by atoms with Crippen molar-refractivity contribution in [3.63, 3.8) is 0 Å². The van der Waals surface area contributed by atoms with Gasteiger partial charge in [-0.05, 0) is 25.2 Å². The number of carbonyl (C=O) groups is 1. The van der Waals surface area contributed by atoms with Crippen LogP contribution in [-0.4, -0.2) is 63.9 Å². The number of sulfonamides is 1. The van der Waals surface area contributed by atoms with E-state index in [-0.39, 0.29) is 5.56 Å². The van der Waals surface area contributed by atoms with Gasteiger partial charge < -0.3 is 14.9 Å². The first-order valence-electron chi connectivity index (χ1n) is 6.55. The quantitative estimate of drug-likeness (QED) is 0.842. The van der Waals surface area contributed by atoms with Crippen molar-refractivity contribution in [3.8, 4) is 0 Å². The van der Waals surface area contributed by atoms with Crippen LogP contribution in [0.2, 0.25) is 0 Å². The van der Waals surface area contributed by atoms with Gasteiger partial charge >= 0.3 is 5.97 Å². The number of piperazine rings is 1. The van der Waals surface area contributed by atoms with Crippen molar-refractivity contribution < 1.29 is 18.3 Å². The molecule has 0 aromatic heterocycles. The van der Waals surface area contributed by atoms with Gasteiger partial charge in [-0.3, -0.25) is 4.72 Å². The van der Waals surface area contributed by atoms with E-state index in [1.54, 1.807) is 6.07 Å². The van der Waals surface area contributed by atoms with Gasteiger partial charge in [-0.2, -0.15) is 0 Å². The van der Waals surface area contributed by atoms with Crippen molar-refractivity contribution in [2.24, 2.45) is 0 Å². The van der Waals surface area contributed by atoms with Crippen LogP contribution >= 0.6 is 0 Å². The molecular weight excluding hydrogens is 294 g/mol. The third-order valence-electron chi connectivity index (χ3n) is 3.38. The van der Waals surface area contributed by atoms with Gasteiger partial charge in [0.1, 0.15) is 0 Å². The average molecular weight is 313 g/mol. The van der Waals surface area contributed by atoms with Crippen molar-refractivity contribution in [1.29, 1.82) is 0 Å². The largest absolute Gasteiger partial charge is 0.478 e. The summed E-state index contributed by atoms with van der Waals surface area (Å²) in [7, 11) is -1.44.